The van der Waals surface area contributed by atoms with Crippen LogP contribution in [0.25, 0.3) is 6.08 Å². The molecule has 0 aromatic heterocycles. The molecule has 0 radical (unpaired) electrons. The van der Waals surface area contributed by atoms with Crippen molar-refractivity contribution in [1.82, 2.24) is 4.90 Å². The molecule has 3 rings (SSSR count). The third-order valence-electron chi connectivity index (χ3n) is 4.75. The van der Waals surface area contributed by atoms with Crippen LogP contribution in [0.1, 0.15) is 25.3 Å². The maximum absolute atomic E-state index is 12.4. The van der Waals surface area contributed by atoms with E-state index in [1.807, 2.05) is 30.3 Å². The Kier molecular flexibility index (Phi) is 6.79. The molecule has 0 aliphatic carbocycles. The van der Waals surface area contributed by atoms with E-state index in [-0.39, 0.29) is 23.7 Å². The quantitative estimate of drug-likeness (QED) is 0.480. The number of piperidine rings is 1. The van der Waals surface area contributed by atoms with Crippen LogP contribution in [0.15, 0.2) is 60.7 Å². The maximum Gasteiger partial charge on any atom is 0.314 e. The molecule has 150 valence electrons. The highest BCUT2D eigenvalue weighted by atomic mass is 16.5. The molecule has 2 aromatic carbocycles. The van der Waals surface area contributed by atoms with Crippen LogP contribution in [0.4, 0.5) is 5.69 Å². The van der Waals surface area contributed by atoms with E-state index in [4.69, 9.17) is 4.74 Å². The molecule has 6 heteroatoms. The highest BCUT2D eigenvalue weighted by Crippen LogP contribution is 2.22. The van der Waals surface area contributed by atoms with Crippen LogP contribution in [-0.2, 0) is 14.4 Å². The van der Waals surface area contributed by atoms with E-state index in [9.17, 15) is 14.4 Å². The lowest BCUT2D eigenvalue weighted by Gasteiger charge is -2.30. The summed E-state index contributed by atoms with van der Waals surface area (Å²) < 4.78 is 5.45. The minimum atomic E-state index is -0.288. The molecule has 1 heterocycles. The summed E-state index contributed by atoms with van der Waals surface area (Å²) in [6.45, 7) is 2.49. The second-order valence-corrected chi connectivity index (χ2v) is 6.97. The van der Waals surface area contributed by atoms with Crippen LogP contribution in [0.5, 0.6) is 5.75 Å². The molecule has 29 heavy (non-hydrogen) atoms. The van der Waals surface area contributed by atoms with Crippen molar-refractivity contribution >= 4 is 29.5 Å². The molecular formula is C23H24N2O4. The smallest absolute Gasteiger partial charge is 0.314 e. The number of anilines is 1. The van der Waals surface area contributed by atoms with Gasteiger partial charge >= 0.3 is 5.97 Å². The summed E-state index contributed by atoms with van der Waals surface area (Å²) in [5.41, 5.74) is 1.62. The van der Waals surface area contributed by atoms with E-state index in [1.54, 1.807) is 41.3 Å². The number of nitrogens with zero attached hydrogens (tertiary/aromatic N) is 1. The first-order valence-electron chi connectivity index (χ1n) is 9.62. The Bertz CT molecular complexity index is 883. The van der Waals surface area contributed by atoms with Crippen molar-refractivity contribution in [1.29, 1.82) is 0 Å². The van der Waals surface area contributed by atoms with Crippen molar-refractivity contribution in [3.05, 3.63) is 66.2 Å². The SMILES string of the molecule is CC(=O)Nc1ccc(OC(=O)C2CCN(C(=O)/C=C/c3ccccc3)CC2)cc1. The van der Waals surface area contributed by atoms with Gasteiger partial charge in [0.05, 0.1) is 5.92 Å². The molecule has 0 spiro atoms. The third-order valence-corrected chi connectivity index (χ3v) is 4.75. The molecule has 1 N–H and O–H groups in total. The standard InChI is InChI=1S/C23H24N2O4/c1-17(26)24-20-8-10-21(11-9-20)29-23(28)19-13-15-25(16-14-19)22(27)12-7-18-5-3-2-4-6-18/h2-12,19H,13-16H2,1H3,(H,24,26)/b12-7+. The normalized spacial score (nSPS) is 14.6. The lowest BCUT2D eigenvalue weighted by Crippen LogP contribution is -2.40. The predicted octanol–water partition coefficient (Wildman–Crippen LogP) is 3.50. The van der Waals surface area contributed by atoms with Crippen molar-refractivity contribution in [3.63, 3.8) is 0 Å². The molecule has 1 saturated heterocycles. The predicted molar refractivity (Wildman–Crippen MR) is 111 cm³/mol. The number of rotatable bonds is 5. The second-order valence-electron chi connectivity index (χ2n) is 6.97. The molecule has 0 unspecified atom stereocenters. The summed E-state index contributed by atoms with van der Waals surface area (Å²) in [7, 11) is 0. The highest BCUT2D eigenvalue weighted by Gasteiger charge is 2.28. The largest absolute Gasteiger partial charge is 0.426 e. The zero-order chi connectivity index (χ0) is 20.6. The summed E-state index contributed by atoms with van der Waals surface area (Å²) in [6.07, 6.45) is 4.53. The van der Waals surface area contributed by atoms with Gasteiger partial charge in [0, 0.05) is 31.8 Å². The van der Waals surface area contributed by atoms with Gasteiger partial charge in [-0.2, -0.15) is 0 Å². The highest BCUT2D eigenvalue weighted by molar-refractivity contribution is 5.92. The molecule has 2 amide bonds. The fourth-order valence-corrected chi connectivity index (χ4v) is 3.18. The number of hydrogen-bond acceptors (Lipinski definition) is 4. The summed E-state index contributed by atoms with van der Waals surface area (Å²) >= 11 is 0. The molecule has 1 fully saturated rings. The first-order valence-corrected chi connectivity index (χ1v) is 9.62. The first kappa shape index (κ1) is 20.3. The van der Waals surface area contributed by atoms with E-state index < -0.39 is 0 Å². The molecule has 0 saturated carbocycles. The van der Waals surface area contributed by atoms with Crippen molar-refractivity contribution in [2.75, 3.05) is 18.4 Å². The van der Waals surface area contributed by atoms with Crippen LogP contribution in [-0.4, -0.2) is 35.8 Å². The Balaban J connectivity index is 1.47. The number of likely N-dealkylation sites (tertiary alicyclic amines) is 1. The topological polar surface area (TPSA) is 75.7 Å². The molecule has 0 bridgehead atoms. The van der Waals surface area contributed by atoms with E-state index in [2.05, 4.69) is 5.32 Å². The van der Waals surface area contributed by atoms with Crippen molar-refractivity contribution in [2.45, 2.75) is 19.8 Å². The van der Waals surface area contributed by atoms with E-state index in [1.165, 1.54) is 6.92 Å². The lowest BCUT2D eigenvalue weighted by molar-refractivity contribution is -0.142. The first-order chi connectivity index (χ1) is 14.0. The molecular weight excluding hydrogens is 368 g/mol. The lowest BCUT2D eigenvalue weighted by atomic mass is 9.97. The fourth-order valence-electron chi connectivity index (χ4n) is 3.18. The van der Waals surface area contributed by atoms with Crippen LogP contribution in [0, 0.1) is 5.92 Å². The minimum absolute atomic E-state index is 0.0470. The fraction of sp³-hybridized carbons (Fsp3) is 0.261. The van der Waals surface area contributed by atoms with Gasteiger partial charge in [-0.3, -0.25) is 14.4 Å². The number of amides is 2. The maximum atomic E-state index is 12.4. The number of esters is 1. The van der Waals surface area contributed by atoms with E-state index >= 15 is 0 Å². The van der Waals surface area contributed by atoms with Gasteiger partial charge in [0.1, 0.15) is 5.75 Å². The van der Waals surface area contributed by atoms with Gasteiger partial charge in [0.2, 0.25) is 11.8 Å². The van der Waals surface area contributed by atoms with Crippen LogP contribution < -0.4 is 10.1 Å². The van der Waals surface area contributed by atoms with Gasteiger partial charge in [0.15, 0.2) is 0 Å². The minimum Gasteiger partial charge on any atom is -0.426 e. The van der Waals surface area contributed by atoms with Crippen molar-refractivity contribution in [2.24, 2.45) is 5.92 Å². The Morgan fingerprint density at radius 1 is 1.00 bits per heavy atom. The van der Waals surface area contributed by atoms with Gasteiger partial charge in [-0.15, -0.1) is 0 Å². The number of hydrogen-bond donors (Lipinski definition) is 1. The van der Waals surface area contributed by atoms with Gasteiger partial charge in [-0.05, 0) is 48.7 Å². The summed E-state index contributed by atoms with van der Waals surface area (Å²) in [4.78, 5) is 37.5. The average molecular weight is 392 g/mol. The summed E-state index contributed by atoms with van der Waals surface area (Å²) in [5.74, 6) is -0.284. The van der Waals surface area contributed by atoms with Crippen LogP contribution >= 0.6 is 0 Å². The Hall–Kier alpha value is -3.41. The average Bonchev–Trinajstić information content (AvgIpc) is 2.74. The van der Waals surface area contributed by atoms with Gasteiger partial charge < -0.3 is 15.0 Å². The Morgan fingerprint density at radius 2 is 1.66 bits per heavy atom. The van der Waals surface area contributed by atoms with Gasteiger partial charge in [-0.25, -0.2) is 0 Å². The molecule has 0 atom stereocenters. The van der Waals surface area contributed by atoms with Gasteiger partial charge in [0.25, 0.3) is 0 Å². The van der Waals surface area contributed by atoms with E-state index in [0.717, 1.165) is 5.56 Å². The second kappa shape index (κ2) is 9.68. The van der Waals surface area contributed by atoms with Crippen LogP contribution in [0.2, 0.25) is 0 Å². The van der Waals surface area contributed by atoms with Crippen LogP contribution in [0.3, 0.4) is 0 Å². The third kappa shape index (κ3) is 6.04. The number of carbonyl (C=O) groups is 3. The number of benzene rings is 2. The molecule has 2 aromatic rings. The molecule has 1 aliphatic heterocycles. The van der Waals surface area contributed by atoms with Crippen molar-refractivity contribution < 1.29 is 19.1 Å². The van der Waals surface area contributed by atoms with E-state index in [0.29, 0.717) is 37.4 Å². The number of carbonyl (C=O) groups excluding carboxylic acids is 3. The number of nitrogens with one attached hydrogen (secondary N) is 1. The summed E-state index contributed by atoms with van der Waals surface area (Å²) in [6, 6.07) is 16.3. The molecule has 6 nitrogen and oxygen atoms in total. The zero-order valence-electron chi connectivity index (χ0n) is 16.3. The molecule has 1 aliphatic rings. The van der Waals surface area contributed by atoms with Crippen molar-refractivity contribution in [3.8, 4) is 5.75 Å². The monoisotopic (exact) mass is 392 g/mol. The Labute approximate surface area is 170 Å². The zero-order valence-corrected chi connectivity index (χ0v) is 16.3. The number of ether oxygens (including phenoxy) is 1. The van der Waals surface area contributed by atoms with Gasteiger partial charge in [-0.1, -0.05) is 30.3 Å². The Morgan fingerprint density at radius 3 is 2.28 bits per heavy atom. The summed E-state index contributed by atoms with van der Waals surface area (Å²) in [5, 5.41) is 2.66.